The van der Waals surface area contributed by atoms with Gasteiger partial charge in [-0.1, -0.05) is 18.2 Å². The molecule has 6 nitrogen and oxygen atoms in total. The van der Waals surface area contributed by atoms with Gasteiger partial charge in [0.15, 0.2) is 6.61 Å². The minimum atomic E-state index is -0.201. The molecule has 0 spiro atoms. The average molecular weight is 326 g/mol. The van der Waals surface area contributed by atoms with Gasteiger partial charge in [-0.3, -0.25) is 4.79 Å². The number of pyridine rings is 1. The molecule has 6 heteroatoms. The first kappa shape index (κ1) is 16.3. The molecule has 0 bridgehead atoms. The number of para-hydroxylation sites is 1. The van der Waals surface area contributed by atoms with Gasteiger partial charge in [-0.05, 0) is 31.3 Å². The molecule has 2 aromatic rings. The number of carbonyl (C=O) groups excluding carboxylic acids is 1. The van der Waals surface area contributed by atoms with Crippen LogP contribution in [0.15, 0.2) is 48.7 Å². The molecule has 0 unspecified atom stereocenters. The van der Waals surface area contributed by atoms with E-state index in [1.807, 2.05) is 42.5 Å². The summed E-state index contributed by atoms with van der Waals surface area (Å²) in [4.78, 5) is 20.9. The van der Waals surface area contributed by atoms with Crippen molar-refractivity contribution in [1.29, 1.82) is 0 Å². The van der Waals surface area contributed by atoms with Crippen LogP contribution in [0.1, 0.15) is 0 Å². The highest BCUT2D eigenvalue weighted by molar-refractivity contribution is 5.91. The number of hydrogen-bond donors (Lipinski definition) is 1. The van der Waals surface area contributed by atoms with Crippen LogP contribution in [-0.4, -0.2) is 55.6 Å². The van der Waals surface area contributed by atoms with Crippen molar-refractivity contribution in [3.05, 3.63) is 48.7 Å². The second-order valence-electron chi connectivity index (χ2n) is 5.85. The smallest absolute Gasteiger partial charge is 0.262 e. The molecule has 24 heavy (non-hydrogen) atoms. The van der Waals surface area contributed by atoms with Crippen LogP contribution in [0.4, 0.5) is 11.5 Å². The molecule has 1 aliphatic heterocycles. The van der Waals surface area contributed by atoms with Gasteiger partial charge < -0.3 is 19.9 Å². The van der Waals surface area contributed by atoms with E-state index in [1.165, 1.54) is 0 Å². The molecule has 1 fully saturated rings. The Morgan fingerprint density at radius 3 is 2.54 bits per heavy atom. The summed E-state index contributed by atoms with van der Waals surface area (Å²) in [7, 11) is 2.13. The van der Waals surface area contributed by atoms with Crippen molar-refractivity contribution in [2.75, 3.05) is 50.1 Å². The van der Waals surface area contributed by atoms with Gasteiger partial charge in [0, 0.05) is 26.2 Å². The number of benzene rings is 1. The van der Waals surface area contributed by atoms with Crippen molar-refractivity contribution in [2.45, 2.75) is 0 Å². The summed E-state index contributed by atoms with van der Waals surface area (Å²) in [6, 6.07) is 13.1. The molecular formula is C18H22N4O2. The summed E-state index contributed by atoms with van der Waals surface area (Å²) in [5, 5.41) is 2.80. The van der Waals surface area contributed by atoms with Crippen molar-refractivity contribution in [2.24, 2.45) is 0 Å². The summed E-state index contributed by atoms with van der Waals surface area (Å²) in [6.45, 7) is 4.00. The van der Waals surface area contributed by atoms with Crippen molar-refractivity contribution >= 4 is 17.4 Å². The quantitative estimate of drug-likeness (QED) is 0.909. The first-order valence-corrected chi connectivity index (χ1v) is 8.08. The molecule has 1 aromatic heterocycles. The largest absolute Gasteiger partial charge is 0.484 e. The van der Waals surface area contributed by atoms with Crippen molar-refractivity contribution in [3.8, 4) is 5.75 Å². The number of nitrogens with zero attached hydrogens (tertiary/aromatic N) is 3. The van der Waals surface area contributed by atoms with Crippen LogP contribution in [0, 0.1) is 0 Å². The Balaban J connectivity index is 1.49. The van der Waals surface area contributed by atoms with E-state index < -0.39 is 0 Å². The second-order valence-corrected chi connectivity index (χ2v) is 5.85. The maximum absolute atomic E-state index is 11.9. The standard InChI is InChI=1S/C18H22N4O2/c1-21-9-11-22(12-10-21)17-8-7-15(13-19-17)20-18(23)14-24-16-5-3-2-4-6-16/h2-8,13H,9-12,14H2,1H3,(H,20,23). The third-order valence-corrected chi connectivity index (χ3v) is 3.97. The van der Waals surface area contributed by atoms with Crippen LogP contribution in [-0.2, 0) is 4.79 Å². The van der Waals surface area contributed by atoms with E-state index in [0.717, 1.165) is 32.0 Å². The van der Waals surface area contributed by atoms with Crippen molar-refractivity contribution in [3.63, 3.8) is 0 Å². The number of carbonyl (C=O) groups is 1. The fourth-order valence-electron chi connectivity index (χ4n) is 2.55. The number of anilines is 2. The van der Waals surface area contributed by atoms with Gasteiger partial charge >= 0.3 is 0 Å². The molecule has 3 rings (SSSR count). The molecule has 1 aromatic carbocycles. The number of hydrogen-bond acceptors (Lipinski definition) is 5. The monoisotopic (exact) mass is 326 g/mol. The zero-order chi connectivity index (χ0) is 16.8. The molecule has 1 saturated heterocycles. The topological polar surface area (TPSA) is 57.7 Å². The van der Waals surface area contributed by atoms with E-state index in [9.17, 15) is 4.79 Å². The summed E-state index contributed by atoms with van der Waals surface area (Å²) in [6.07, 6.45) is 1.69. The number of nitrogens with one attached hydrogen (secondary N) is 1. The van der Waals surface area contributed by atoms with E-state index in [0.29, 0.717) is 11.4 Å². The third-order valence-electron chi connectivity index (χ3n) is 3.97. The fraction of sp³-hybridized carbons (Fsp3) is 0.333. The fourth-order valence-corrected chi connectivity index (χ4v) is 2.55. The molecule has 0 atom stereocenters. The lowest BCUT2D eigenvalue weighted by Crippen LogP contribution is -2.44. The number of ether oxygens (including phenoxy) is 1. The average Bonchev–Trinajstić information content (AvgIpc) is 2.62. The number of likely N-dealkylation sites (N-methyl/N-ethyl adjacent to an activating group) is 1. The first-order chi connectivity index (χ1) is 11.7. The van der Waals surface area contributed by atoms with E-state index in [1.54, 1.807) is 6.20 Å². The summed E-state index contributed by atoms with van der Waals surface area (Å²) >= 11 is 0. The summed E-state index contributed by atoms with van der Waals surface area (Å²) < 4.78 is 5.42. The minimum Gasteiger partial charge on any atom is -0.484 e. The Kier molecular flexibility index (Phi) is 5.28. The molecule has 0 radical (unpaired) electrons. The van der Waals surface area contributed by atoms with Crippen LogP contribution in [0.2, 0.25) is 0 Å². The summed E-state index contributed by atoms with van der Waals surface area (Å²) in [5.41, 5.74) is 0.675. The molecular weight excluding hydrogens is 304 g/mol. The number of piperazine rings is 1. The molecule has 0 aliphatic carbocycles. The van der Waals surface area contributed by atoms with Gasteiger partial charge in [0.2, 0.25) is 0 Å². The first-order valence-electron chi connectivity index (χ1n) is 8.08. The van der Waals surface area contributed by atoms with Crippen LogP contribution < -0.4 is 15.0 Å². The Morgan fingerprint density at radius 1 is 1.12 bits per heavy atom. The normalized spacial score (nSPS) is 15.1. The number of aromatic nitrogens is 1. The predicted molar refractivity (Wildman–Crippen MR) is 94.5 cm³/mol. The minimum absolute atomic E-state index is 0.0236. The molecule has 0 saturated carbocycles. The summed E-state index contributed by atoms with van der Waals surface area (Å²) in [5.74, 6) is 1.42. The van der Waals surface area contributed by atoms with E-state index in [2.05, 4.69) is 27.1 Å². The zero-order valence-electron chi connectivity index (χ0n) is 13.8. The van der Waals surface area contributed by atoms with Gasteiger partial charge in [0.25, 0.3) is 5.91 Å². The Labute approximate surface area is 142 Å². The Morgan fingerprint density at radius 2 is 1.88 bits per heavy atom. The third kappa shape index (κ3) is 4.45. The van der Waals surface area contributed by atoms with Crippen molar-refractivity contribution < 1.29 is 9.53 Å². The number of amides is 1. The molecule has 2 heterocycles. The maximum Gasteiger partial charge on any atom is 0.262 e. The Bertz CT molecular complexity index is 652. The van der Waals surface area contributed by atoms with Crippen LogP contribution in [0.25, 0.3) is 0 Å². The van der Waals surface area contributed by atoms with Crippen LogP contribution in [0.5, 0.6) is 5.75 Å². The van der Waals surface area contributed by atoms with E-state index >= 15 is 0 Å². The van der Waals surface area contributed by atoms with Crippen molar-refractivity contribution in [1.82, 2.24) is 9.88 Å². The number of rotatable bonds is 5. The van der Waals surface area contributed by atoms with E-state index in [4.69, 9.17) is 4.74 Å². The van der Waals surface area contributed by atoms with Crippen LogP contribution >= 0.6 is 0 Å². The molecule has 1 aliphatic rings. The highest BCUT2D eigenvalue weighted by Gasteiger charge is 2.15. The zero-order valence-corrected chi connectivity index (χ0v) is 13.8. The highest BCUT2D eigenvalue weighted by atomic mass is 16.5. The molecule has 1 N–H and O–H groups in total. The van der Waals surface area contributed by atoms with Gasteiger partial charge in [-0.15, -0.1) is 0 Å². The van der Waals surface area contributed by atoms with Gasteiger partial charge in [-0.25, -0.2) is 4.98 Å². The second kappa shape index (κ2) is 7.79. The van der Waals surface area contributed by atoms with Gasteiger partial charge in [0.05, 0.1) is 11.9 Å². The maximum atomic E-state index is 11.9. The lowest BCUT2D eigenvalue weighted by Gasteiger charge is -2.33. The van der Waals surface area contributed by atoms with Crippen LogP contribution in [0.3, 0.4) is 0 Å². The highest BCUT2D eigenvalue weighted by Crippen LogP contribution is 2.16. The SMILES string of the molecule is CN1CCN(c2ccc(NC(=O)COc3ccccc3)cn2)CC1. The lowest BCUT2D eigenvalue weighted by atomic mass is 10.3. The van der Waals surface area contributed by atoms with Gasteiger partial charge in [-0.2, -0.15) is 0 Å². The van der Waals surface area contributed by atoms with E-state index in [-0.39, 0.29) is 12.5 Å². The predicted octanol–water partition coefficient (Wildman–Crippen LogP) is 1.85. The Hall–Kier alpha value is -2.60. The van der Waals surface area contributed by atoms with Gasteiger partial charge in [0.1, 0.15) is 11.6 Å². The lowest BCUT2D eigenvalue weighted by molar-refractivity contribution is -0.118. The molecule has 126 valence electrons. The molecule has 1 amide bonds.